The summed E-state index contributed by atoms with van der Waals surface area (Å²) in [6.07, 6.45) is -4.13. The van der Waals surface area contributed by atoms with Gasteiger partial charge in [-0.25, -0.2) is 4.39 Å². The van der Waals surface area contributed by atoms with Crippen molar-refractivity contribution >= 4 is 23.0 Å². The molecule has 0 radical (unpaired) electrons. The molecule has 0 aliphatic heterocycles. The maximum atomic E-state index is 14.0. The second-order valence-corrected chi connectivity index (χ2v) is 5.82. The van der Waals surface area contributed by atoms with Crippen LogP contribution in [0.3, 0.4) is 0 Å². The van der Waals surface area contributed by atoms with Gasteiger partial charge in [-0.3, -0.25) is 4.79 Å². The molecule has 0 N–H and O–H groups in total. The summed E-state index contributed by atoms with van der Waals surface area (Å²) in [5.74, 6) is -3.20. The number of allylic oxidation sites excluding steroid dienone is 1. The number of ketones is 1. The van der Waals surface area contributed by atoms with Crippen LogP contribution in [0, 0.1) is 12.7 Å². The maximum Gasteiger partial charge on any atom is 0.455 e. The van der Waals surface area contributed by atoms with Gasteiger partial charge in [0.1, 0.15) is 11.5 Å². The number of nitrogens with zero attached hydrogens (tertiary/aromatic N) is 2. The summed E-state index contributed by atoms with van der Waals surface area (Å²) in [5.41, 5.74) is -0.850. The number of rotatable bonds is 4. The molecule has 0 saturated carbocycles. The minimum atomic E-state index is -5.10. The maximum absolute atomic E-state index is 14.0. The monoisotopic (exact) mass is 376 g/mol. The second-order valence-electron chi connectivity index (χ2n) is 5.42. The van der Waals surface area contributed by atoms with Crippen LogP contribution < -0.4 is 0 Å². The van der Waals surface area contributed by atoms with Crippen molar-refractivity contribution in [3.8, 4) is 11.3 Å². The van der Waals surface area contributed by atoms with Gasteiger partial charge in [0, 0.05) is 25.9 Å². The highest BCUT2D eigenvalue weighted by Crippen LogP contribution is 2.36. The van der Waals surface area contributed by atoms with Crippen molar-refractivity contribution in [1.29, 1.82) is 0 Å². The Kier molecular flexibility index (Phi) is 5.22. The molecule has 0 amide bonds. The number of carbonyl (C=O) groups excluding carboxylic acids is 1. The van der Waals surface area contributed by atoms with Crippen LogP contribution in [-0.4, -0.2) is 36.1 Å². The normalized spacial score (nSPS) is 12.4. The molecule has 0 fully saturated rings. The fourth-order valence-electron chi connectivity index (χ4n) is 2.18. The standard InChI is InChI=1S/C16H13ClF4N2O2/c1-8-13(12-10(17)5-4-6-11(12)18)22-25-14(8)9(7-23(2)3)15(24)16(19,20)21/h4-7H,1-3H3/b9-7-. The molecule has 25 heavy (non-hydrogen) atoms. The van der Waals surface area contributed by atoms with Crippen molar-refractivity contribution in [3.63, 3.8) is 0 Å². The Hall–Kier alpha value is -2.35. The average molecular weight is 377 g/mol. The van der Waals surface area contributed by atoms with Crippen molar-refractivity contribution in [2.24, 2.45) is 0 Å². The first-order chi connectivity index (χ1) is 11.5. The lowest BCUT2D eigenvalue weighted by Gasteiger charge is -2.11. The van der Waals surface area contributed by atoms with Crippen LogP contribution in [0.1, 0.15) is 11.3 Å². The lowest BCUT2D eigenvalue weighted by Crippen LogP contribution is -2.25. The van der Waals surface area contributed by atoms with Gasteiger partial charge in [0.2, 0.25) is 0 Å². The van der Waals surface area contributed by atoms with E-state index in [4.69, 9.17) is 16.1 Å². The van der Waals surface area contributed by atoms with Gasteiger partial charge in [-0.05, 0) is 19.1 Å². The fraction of sp³-hybridized carbons (Fsp3) is 0.250. The summed E-state index contributed by atoms with van der Waals surface area (Å²) in [5, 5.41) is 3.64. The molecule has 2 aromatic rings. The van der Waals surface area contributed by atoms with Gasteiger partial charge in [-0.2, -0.15) is 13.2 Å². The number of alkyl halides is 3. The molecule has 134 valence electrons. The molecule has 4 nitrogen and oxygen atoms in total. The zero-order chi connectivity index (χ0) is 18.9. The van der Waals surface area contributed by atoms with Crippen LogP contribution in [0.15, 0.2) is 28.9 Å². The molecule has 0 aliphatic rings. The summed E-state index contributed by atoms with van der Waals surface area (Å²) >= 11 is 5.95. The topological polar surface area (TPSA) is 46.3 Å². The van der Waals surface area contributed by atoms with Gasteiger partial charge in [0.25, 0.3) is 5.78 Å². The SMILES string of the molecule is Cc1c(-c2c(F)cccc2Cl)noc1/C(=C/N(C)C)C(=O)C(F)(F)F. The molecule has 0 aliphatic carbocycles. The summed E-state index contributed by atoms with van der Waals surface area (Å²) in [6.45, 7) is 1.37. The van der Waals surface area contributed by atoms with E-state index >= 15 is 0 Å². The Morgan fingerprint density at radius 3 is 2.48 bits per heavy atom. The number of hydrogen-bond donors (Lipinski definition) is 0. The van der Waals surface area contributed by atoms with E-state index in [0.29, 0.717) is 0 Å². The van der Waals surface area contributed by atoms with Crippen LogP contribution in [0.5, 0.6) is 0 Å². The van der Waals surface area contributed by atoms with Gasteiger partial charge in [-0.15, -0.1) is 0 Å². The number of hydrogen-bond acceptors (Lipinski definition) is 4. The van der Waals surface area contributed by atoms with Gasteiger partial charge < -0.3 is 9.42 Å². The van der Waals surface area contributed by atoms with E-state index < -0.39 is 29.1 Å². The second kappa shape index (κ2) is 6.87. The largest absolute Gasteiger partial charge is 0.455 e. The molecule has 1 aromatic carbocycles. The highest BCUT2D eigenvalue weighted by atomic mass is 35.5. The molecular weight excluding hydrogens is 364 g/mol. The summed E-state index contributed by atoms with van der Waals surface area (Å²) in [7, 11) is 2.90. The predicted molar refractivity (Wildman–Crippen MR) is 84.4 cm³/mol. The highest BCUT2D eigenvalue weighted by Gasteiger charge is 2.43. The van der Waals surface area contributed by atoms with Crippen molar-refractivity contribution in [3.05, 3.63) is 46.6 Å². The van der Waals surface area contributed by atoms with Crippen molar-refractivity contribution in [2.45, 2.75) is 13.1 Å². The minimum absolute atomic E-state index is 0.0169. The third kappa shape index (κ3) is 3.84. The molecule has 0 saturated heterocycles. The first-order valence-corrected chi connectivity index (χ1v) is 7.32. The molecule has 9 heteroatoms. The Bertz CT molecular complexity index is 821. The fourth-order valence-corrected chi connectivity index (χ4v) is 2.43. The third-order valence-corrected chi connectivity index (χ3v) is 3.57. The summed E-state index contributed by atoms with van der Waals surface area (Å²) in [4.78, 5) is 13.0. The van der Waals surface area contributed by atoms with E-state index in [9.17, 15) is 22.4 Å². The molecule has 0 bridgehead atoms. The van der Waals surface area contributed by atoms with E-state index in [1.807, 2.05) is 0 Å². The first-order valence-electron chi connectivity index (χ1n) is 6.94. The van der Waals surface area contributed by atoms with Crippen molar-refractivity contribution in [1.82, 2.24) is 10.1 Å². The number of benzene rings is 1. The highest BCUT2D eigenvalue weighted by molar-refractivity contribution is 6.33. The zero-order valence-electron chi connectivity index (χ0n) is 13.4. The lowest BCUT2D eigenvalue weighted by atomic mass is 10.0. The van der Waals surface area contributed by atoms with Crippen molar-refractivity contribution in [2.75, 3.05) is 14.1 Å². The first kappa shape index (κ1) is 19.0. The Balaban J connectivity index is 2.64. The Morgan fingerprint density at radius 1 is 1.32 bits per heavy atom. The molecule has 0 unspecified atom stereocenters. The quantitative estimate of drug-likeness (QED) is 0.583. The van der Waals surface area contributed by atoms with Gasteiger partial charge in [0.05, 0.1) is 16.2 Å². The smallest absolute Gasteiger partial charge is 0.383 e. The summed E-state index contributed by atoms with van der Waals surface area (Å²) in [6, 6.07) is 3.92. The summed E-state index contributed by atoms with van der Waals surface area (Å²) < 4.78 is 57.6. The van der Waals surface area contributed by atoms with Crippen molar-refractivity contribution < 1.29 is 26.9 Å². The zero-order valence-corrected chi connectivity index (χ0v) is 14.2. The predicted octanol–water partition coefficient (Wildman–Crippen LogP) is 4.48. The molecule has 1 heterocycles. The molecule has 2 rings (SSSR count). The molecule has 1 aromatic heterocycles. The lowest BCUT2D eigenvalue weighted by molar-refractivity contribution is -0.164. The van der Waals surface area contributed by atoms with E-state index in [0.717, 1.165) is 12.3 Å². The number of Topliss-reactive ketones (excluding diaryl/α,β-unsaturated/α-hetero) is 1. The van der Waals surface area contributed by atoms with Crippen LogP contribution >= 0.6 is 11.6 Å². The third-order valence-electron chi connectivity index (χ3n) is 3.26. The number of aromatic nitrogens is 1. The molecule has 0 atom stereocenters. The van der Waals surface area contributed by atoms with E-state index in [1.54, 1.807) is 0 Å². The van der Waals surface area contributed by atoms with E-state index in [2.05, 4.69) is 5.16 Å². The van der Waals surface area contributed by atoms with E-state index in [1.165, 1.54) is 38.1 Å². The molecular formula is C16H13ClF4N2O2. The van der Waals surface area contributed by atoms with Crippen LogP contribution in [-0.2, 0) is 4.79 Å². The van der Waals surface area contributed by atoms with Crippen LogP contribution in [0.25, 0.3) is 16.8 Å². The van der Waals surface area contributed by atoms with Gasteiger partial charge in [-0.1, -0.05) is 22.8 Å². The average Bonchev–Trinajstić information content (AvgIpc) is 2.84. The van der Waals surface area contributed by atoms with Crippen LogP contribution in [0.4, 0.5) is 17.6 Å². The van der Waals surface area contributed by atoms with Gasteiger partial charge in [0.15, 0.2) is 5.76 Å². The minimum Gasteiger partial charge on any atom is -0.383 e. The Labute approximate surface area is 145 Å². The number of halogens is 5. The Morgan fingerprint density at radius 2 is 1.96 bits per heavy atom. The van der Waals surface area contributed by atoms with E-state index in [-0.39, 0.29) is 21.8 Å². The molecule has 0 spiro atoms. The number of carbonyl (C=O) groups is 1. The van der Waals surface area contributed by atoms with Crippen LogP contribution in [0.2, 0.25) is 5.02 Å². The van der Waals surface area contributed by atoms with Gasteiger partial charge >= 0.3 is 6.18 Å².